The number of ether oxygens (including phenoxy) is 2. The van der Waals surface area contributed by atoms with E-state index in [0.29, 0.717) is 24.8 Å². The van der Waals surface area contributed by atoms with E-state index in [1.165, 1.54) is 0 Å². The Bertz CT molecular complexity index is 431. The van der Waals surface area contributed by atoms with Gasteiger partial charge in [0.25, 0.3) is 5.91 Å². The third-order valence-electron chi connectivity index (χ3n) is 3.48. The highest BCUT2D eigenvalue weighted by molar-refractivity contribution is 5.77. The fourth-order valence-electron chi connectivity index (χ4n) is 2.22. The predicted octanol–water partition coefficient (Wildman–Crippen LogP) is 1.07. The summed E-state index contributed by atoms with van der Waals surface area (Å²) in [5.74, 6) is 1.10. The van der Waals surface area contributed by atoms with Crippen molar-refractivity contribution in [2.75, 3.05) is 26.4 Å². The fourth-order valence-corrected chi connectivity index (χ4v) is 2.22. The minimum Gasteiger partial charge on any atom is -0.483 e. The lowest BCUT2D eigenvalue weighted by molar-refractivity contribution is -0.123. The van der Waals surface area contributed by atoms with Crippen LogP contribution < -0.4 is 15.8 Å². The topological polar surface area (TPSA) is 73.6 Å². The van der Waals surface area contributed by atoms with Crippen molar-refractivity contribution < 1.29 is 14.3 Å². The lowest BCUT2D eigenvalue weighted by Crippen LogP contribution is -2.35. The first-order valence-electron chi connectivity index (χ1n) is 7.05. The fraction of sp³-hybridized carbons (Fsp3) is 0.533. The molecule has 1 aromatic carbocycles. The summed E-state index contributed by atoms with van der Waals surface area (Å²) < 4.78 is 10.8. The molecule has 1 amide bonds. The average Bonchev–Trinajstić information content (AvgIpc) is 2.52. The molecule has 0 atom stereocenters. The van der Waals surface area contributed by atoms with Gasteiger partial charge in [0.15, 0.2) is 6.61 Å². The van der Waals surface area contributed by atoms with E-state index in [1.807, 2.05) is 24.3 Å². The van der Waals surface area contributed by atoms with E-state index in [0.717, 1.165) is 31.6 Å². The summed E-state index contributed by atoms with van der Waals surface area (Å²) >= 11 is 0. The van der Waals surface area contributed by atoms with E-state index in [2.05, 4.69) is 5.32 Å². The molecule has 0 saturated carbocycles. The van der Waals surface area contributed by atoms with E-state index in [9.17, 15) is 4.79 Å². The second kappa shape index (κ2) is 7.87. The first kappa shape index (κ1) is 14.8. The molecule has 0 bridgehead atoms. The van der Waals surface area contributed by atoms with Crippen LogP contribution in [0.2, 0.25) is 0 Å². The molecule has 0 unspecified atom stereocenters. The summed E-state index contributed by atoms with van der Waals surface area (Å²) in [4.78, 5) is 11.8. The van der Waals surface area contributed by atoms with Gasteiger partial charge in [-0.3, -0.25) is 4.79 Å². The Morgan fingerprint density at radius 2 is 2.10 bits per heavy atom. The first-order chi connectivity index (χ1) is 9.79. The molecule has 2 rings (SSSR count). The standard InChI is InChI=1S/C15H22N2O3/c16-9-13-3-1-2-4-14(13)20-11-15(18)17-10-12-5-7-19-8-6-12/h1-4,12H,5-11,16H2,(H,17,18). The second-order valence-corrected chi connectivity index (χ2v) is 4.96. The number of para-hydroxylation sites is 1. The Labute approximate surface area is 119 Å². The monoisotopic (exact) mass is 278 g/mol. The maximum Gasteiger partial charge on any atom is 0.257 e. The van der Waals surface area contributed by atoms with Crippen LogP contribution in [0.15, 0.2) is 24.3 Å². The Morgan fingerprint density at radius 1 is 1.35 bits per heavy atom. The normalized spacial score (nSPS) is 15.8. The van der Waals surface area contributed by atoms with Gasteiger partial charge in [-0.2, -0.15) is 0 Å². The molecular formula is C15H22N2O3. The Kier molecular flexibility index (Phi) is 5.83. The molecule has 1 aliphatic heterocycles. The van der Waals surface area contributed by atoms with Crippen molar-refractivity contribution in [1.29, 1.82) is 0 Å². The minimum atomic E-state index is -0.0942. The highest BCUT2D eigenvalue weighted by atomic mass is 16.5. The van der Waals surface area contributed by atoms with Gasteiger partial charge in [-0.05, 0) is 24.8 Å². The number of nitrogens with two attached hydrogens (primary N) is 1. The number of carbonyl (C=O) groups is 1. The van der Waals surface area contributed by atoms with Crippen molar-refractivity contribution in [3.8, 4) is 5.75 Å². The number of amides is 1. The van der Waals surface area contributed by atoms with Crippen molar-refractivity contribution in [3.63, 3.8) is 0 Å². The van der Waals surface area contributed by atoms with Crippen molar-refractivity contribution >= 4 is 5.91 Å². The number of rotatable bonds is 6. The number of hydrogen-bond acceptors (Lipinski definition) is 4. The minimum absolute atomic E-state index is 0.0280. The molecule has 0 aromatic heterocycles. The molecule has 1 heterocycles. The zero-order valence-electron chi connectivity index (χ0n) is 11.6. The molecule has 20 heavy (non-hydrogen) atoms. The first-order valence-corrected chi connectivity index (χ1v) is 7.05. The Hall–Kier alpha value is -1.59. The number of carbonyl (C=O) groups excluding carboxylic acids is 1. The van der Waals surface area contributed by atoms with Crippen LogP contribution in [0.4, 0.5) is 0 Å². The molecule has 5 heteroatoms. The summed E-state index contributed by atoms with van der Waals surface area (Å²) in [6.45, 7) is 2.71. The summed E-state index contributed by atoms with van der Waals surface area (Å²) in [5.41, 5.74) is 6.53. The molecule has 0 aliphatic carbocycles. The highest BCUT2D eigenvalue weighted by Crippen LogP contribution is 2.17. The van der Waals surface area contributed by atoms with Gasteiger partial charge in [-0.25, -0.2) is 0 Å². The SMILES string of the molecule is NCc1ccccc1OCC(=O)NCC1CCOCC1. The van der Waals surface area contributed by atoms with Gasteiger partial charge >= 0.3 is 0 Å². The Morgan fingerprint density at radius 3 is 2.85 bits per heavy atom. The summed E-state index contributed by atoms with van der Waals surface area (Å²) in [6.07, 6.45) is 2.02. The Balaban J connectivity index is 1.71. The van der Waals surface area contributed by atoms with E-state index in [1.54, 1.807) is 0 Å². The quantitative estimate of drug-likeness (QED) is 0.816. The van der Waals surface area contributed by atoms with Crippen LogP contribution in [0.3, 0.4) is 0 Å². The molecule has 0 radical (unpaired) electrons. The van der Waals surface area contributed by atoms with Crippen LogP contribution in [-0.4, -0.2) is 32.3 Å². The van der Waals surface area contributed by atoms with E-state index in [-0.39, 0.29) is 12.5 Å². The van der Waals surface area contributed by atoms with Gasteiger partial charge in [0.1, 0.15) is 5.75 Å². The maximum atomic E-state index is 11.8. The molecule has 0 spiro atoms. The van der Waals surface area contributed by atoms with E-state index >= 15 is 0 Å². The molecular weight excluding hydrogens is 256 g/mol. The van der Waals surface area contributed by atoms with Crippen molar-refractivity contribution in [2.24, 2.45) is 11.7 Å². The van der Waals surface area contributed by atoms with Gasteiger partial charge in [0.2, 0.25) is 0 Å². The predicted molar refractivity (Wildman–Crippen MR) is 76.4 cm³/mol. The molecule has 3 N–H and O–H groups in total. The lowest BCUT2D eigenvalue weighted by Gasteiger charge is -2.22. The lowest BCUT2D eigenvalue weighted by atomic mass is 10.0. The van der Waals surface area contributed by atoms with Gasteiger partial charge in [-0.1, -0.05) is 18.2 Å². The van der Waals surface area contributed by atoms with Crippen molar-refractivity contribution in [1.82, 2.24) is 5.32 Å². The van der Waals surface area contributed by atoms with Crippen molar-refractivity contribution in [2.45, 2.75) is 19.4 Å². The van der Waals surface area contributed by atoms with E-state index < -0.39 is 0 Å². The zero-order chi connectivity index (χ0) is 14.2. The third-order valence-corrected chi connectivity index (χ3v) is 3.48. The number of nitrogens with one attached hydrogen (secondary N) is 1. The van der Waals surface area contributed by atoms with Crippen molar-refractivity contribution in [3.05, 3.63) is 29.8 Å². The van der Waals surface area contributed by atoms with Crippen LogP contribution in [-0.2, 0) is 16.1 Å². The van der Waals surface area contributed by atoms with Crippen LogP contribution in [0.1, 0.15) is 18.4 Å². The molecule has 1 fully saturated rings. The van der Waals surface area contributed by atoms with Crippen LogP contribution in [0, 0.1) is 5.92 Å². The van der Waals surface area contributed by atoms with Gasteiger partial charge in [0, 0.05) is 31.9 Å². The number of hydrogen-bond donors (Lipinski definition) is 2. The molecule has 1 aromatic rings. The second-order valence-electron chi connectivity index (χ2n) is 4.96. The zero-order valence-corrected chi connectivity index (χ0v) is 11.6. The van der Waals surface area contributed by atoms with Crippen LogP contribution >= 0.6 is 0 Å². The van der Waals surface area contributed by atoms with Gasteiger partial charge in [0.05, 0.1) is 0 Å². The average molecular weight is 278 g/mol. The summed E-state index contributed by atoms with van der Waals surface area (Å²) in [5, 5.41) is 2.91. The molecule has 110 valence electrons. The van der Waals surface area contributed by atoms with Crippen LogP contribution in [0.25, 0.3) is 0 Å². The number of benzene rings is 1. The summed E-state index contributed by atoms with van der Waals surface area (Å²) in [6, 6.07) is 7.50. The largest absolute Gasteiger partial charge is 0.483 e. The maximum absolute atomic E-state index is 11.8. The van der Waals surface area contributed by atoms with Gasteiger partial charge in [-0.15, -0.1) is 0 Å². The molecule has 1 saturated heterocycles. The highest BCUT2D eigenvalue weighted by Gasteiger charge is 2.14. The molecule has 1 aliphatic rings. The summed E-state index contributed by atoms with van der Waals surface area (Å²) in [7, 11) is 0. The van der Waals surface area contributed by atoms with Crippen LogP contribution in [0.5, 0.6) is 5.75 Å². The smallest absolute Gasteiger partial charge is 0.257 e. The third kappa shape index (κ3) is 4.51. The van der Waals surface area contributed by atoms with E-state index in [4.69, 9.17) is 15.2 Å². The molecule has 5 nitrogen and oxygen atoms in total. The van der Waals surface area contributed by atoms with Gasteiger partial charge < -0.3 is 20.5 Å².